The molecular formula is C14H18N2O2. The first-order valence-electron chi connectivity index (χ1n) is 5.73. The minimum absolute atomic E-state index is 0.192. The first-order chi connectivity index (χ1) is 8.67. The second kappa shape index (κ2) is 6.59. The fourth-order valence-corrected chi connectivity index (χ4v) is 1.62. The Balaban J connectivity index is 3.20. The molecule has 0 amide bonds. The van der Waals surface area contributed by atoms with Gasteiger partial charge in [0.1, 0.15) is 5.75 Å². The summed E-state index contributed by atoms with van der Waals surface area (Å²) in [6.07, 6.45) is 3.58. The molecule has 0 bridgehead atoms. The van der Waals surface area contributed by atoms with Gasteiger partial charge in [-0.3, -0.25) is 9.79 Å². The van der Waals surface area contributed by atoms with Gasteiger partial charge in [0.15, 0.2) is 5.78 Å². The summed E-state index contributed by atoms with van der Waals surface area (Å²) >= 11 is 0. The van der Waals surface area contributed by atoms with Crippen LogP contribution in [0.2, 0.25) is 0 Å². The van der Waals surface area contributed by atoms with Crippen LogP contribution >= 0.6 is 0 Å². The maximum atomic E-state index is 12.2. The number of rotatable bonds is 5. The van der Waals surface area contributed by atoms with Crippen molar-refractivity contribution in [3.8, 4) is 5.75 Å². The molecule has 0 aliphatic carbocycles. The lowest BCUT2D eigenvalue weighted by atomic mass is 10.0. The zero-order chi connectivity index (χ0) is 13.5. The number of Topliss-reactive ketones (excluding diaryl/α,β-unsaturated/α-hetero) is 1. The van der Waals surface area contributed by atoms with E-state index in [4.69, 9.17) is 10.5 Å². The molecule has 0 unspecified atom stereocenters. The average molecular weight is 246 g/mol. The summed E-state index contributed by atoms with van der Waals surface area (Å²) < 4.78 is 5.25. The number of nitrogens with two attached hydrogens (primary N) is 1. The van der Waals surface area contributed by atoms with Crippen LogP contribution in [0.1, 0.15) is 22.8 Å². The van der Waals surface area contributed by atoms with E-state index in [1.165, 1.54) is 12.4 Å². The summed E-state index contributed by atoms with van der Waals surface area (Å²) in [6, 6.07) is 5.53. The van der Waals surface area contributed by atoms with E-state index in [1.807, 2.05) is 19.1 Å². The molecule has 0 saturated heterocycles. The standard InChI is InChI=1S/C14H18N2O2/c1-4-10-5-6-12(13(7-10)18-3)14(17)11(8-15)9-16-2/h5-9H,4,15H2,1-3H3/b11-8+,16-9?. The largest absolute Gasteiger partial charge is 0.496 e. The van der Waals surface area contributed by atoms with Gasteiger partial charge < -0.3 is 10.5 Å². The van der Waals surface area contributed by atoms with Crippen molar-refractivity contribution in [3.63, 3.8) is 0 Å². The first-order valence-corrected chi connectivity index (χ1v) is 5.73. The molecule has 0 aromatic heterocycles. The number of aryl methyl sites for hydroxylation is 1. The molecule has 0 aliphatic rings. The fourth-order valence-electron chi connectivity index (χ4n) is 1.62. The molecule has 0 spiro atoms. The number of aliphatic imine (C=N–C) groups is 1. The summed E-state index contributed by atoms with van der Waals surface area (Å²) in [6.45, 7) is 2.05. The minimum Gasteiger partial charge on any atom is -0.496 e. The van der Waals surface area contributed by atoms with Gasteiger partial charge in [0.2, 0.25) is 0 Å². The van der Waals surface area contributed by atoms with Gasteiger partial charge in [0, 0.05) is 19.5 Å². The van der Waals surface area contributed by atoms with Gasteiger partial charge in [-0.2, -0.15) is 0 Å². The van der Waals surface area contributed by atoms with Crippen LogP contribution in [0.25, 0.3) is 0 Å². The second-order valence-corrected chi connectivity index (χ2v) is 3.73. The number of ether oxygens (including phenoxy) is 1. The Labute approximate surface area is 107 Å². The summed E-state index contributed by atoms with van der Waals surface area (Å²) in [5.41, 5.74) is 7.39. The Morgan fingerprint density at radius 3 is 2.72 bits per heavy atom. The Bertz CT molecular complexity index is 491. The SMILES string of the molecule is CCc1ccc(C(=O)/C(C=NC)=C/N)c(OC)c1. The van der Waals surface area contributed by atoms with Crippen LogP contribution < -0.4 is 10.5 Å². The number of benzene rings is 1. The van der Waals surface area contributed by atoms with Gasteiger partial charge in [-0.05, 0) is 24.1 Å². The van der Waals surface area contributed by atoms with Gasteiger partial charge in [0.25, 0.3) is 0 Å². The smallest absolute Gasteiger partial charge is 0.199 e. The average Bonchev–Trinajstić information content (AvgIpc) is 2.43. The highest BCUT2D eigenvalue weighted by atomic mass is 16.5. The Morgan fingerprint density at radius 1 is 1.50 bits per heavy atom. The van der Waals surface area contributed by atoms with Crippen molar-refractivity contribution in [2.24, 2.45) is 10.7 Å². The fraction of sp³-hybridized carbons (Fsp3) is 0.286. The summed E-state index contributed by atoms with van der Waals surface area (Å²) in [5, 5.41) is 0. The van der Waals surface area contributed by atoms with Crippen molar-refractivity contribution in [1.82, 2.24) is 0 Å². The number of hydrogen-bond acceptors (Lipinski definition) is 4. The third-order valence-corrected chi connectivity index (χ3v) is 2.63. The van der Waals surface area contributed by atoms with Crippen molar-refractivity contribution in [2.45, 2.75) is 13.3 Å². The van der Waals surface area contributed by atoms with Crippen LogP contribution in [-0.2, 0) is 6.42 Å². The number of methoxy groups -OCH3 is 1. The van der Waals surface area contributed by atoms with Crippen molar-refractivity contribution in [1.29, 1.82) is 0 Å². The highest BCUT2D eigenvalue weighted by molar-refractivity contribution is 6.22. The molecule has 0 aliphatic heterocycles. The van der Waals surface area contributed by atoms with Crippen LogP contribution in [-0.4, -0.2) is 26.2 Å². The first kappa shape index (κ1) is 14.0. The molecule has 0 heterocycles. The van der Waals surface area contributed by atoms with Crippen LogP contribution in [0.5, 0.6) is 5.75 Å². The Hall–Kier alpha value is -2.10. The molecule has 18 heavy (non-hydrogen) atoms. The summed E-state index contributed by atoms with van der Waals surface area (Å²) in [7, 11) is 3.14. The van der Waals surface area contributed by atoms with Crippen LogP contribution in [0, 0.1) is 0 Å². The lowest BCUT2D eigenvalue weighted by Crippen LogP contribution is -2.09. The van der Waals surface area contributed by atoms with E-state index in [0.29, 0.717) is 16.9 Å². The maximum absolute atomic E-state index is 12.2. The molecule has 0 radical (unpaired) electrons. The molecule has 96 valence electrons. The number of carbonyl (C=O) groups excluding carboxylic acids is 1. The Kier molecular flexibility index (Phi) is 5.11. The van der Waals surface area contributed by atoms with Crippen LogP contribution in [0.4, 0.5) is 0 Å². The molecule has 0 atom stereocenters. The lowest BCUT2D eigenvalue weighted by Gasteiger charge is -2.09. The predicted octanol–water partition coefficient (Wildman–Crippen LogP) is 1.98. The number of hydrogen-bond donors (Lipinski definition) is 1. The van der Waals surface area contributed by atoms with E-state index in [-0.39, 0.29) is 5.78 Å². The van der Waals surface area contributed by atoms with Gasteiger partial charge in [-0.25, -0.2) is 0 Å². The number of allylic oxidation sites excluding steroid dienone is 1. The zero-order valence-electron chi connectivity index (χ0n) is 10.9. The molecule has 1 rings (SSSR count). The highest BCUT2D eigenvalue weighted by Crippen LogP contribution is 2.23. The van der Waals surface area contributed by atoms with Gasteiger partial charge in [-0.1, -0.05) is 13.0 Å². The second-order valence-electron chi connectivity index (χ2n) is 3.73. The summed E-state index contributed by atoms with van der Waals surface area (Å²) in [5.74, 6) is 0.366. The molecule has 0 saturated carbocycles. The van der Waals surface area contributed by atoms with Crippen molar-refractivity contribution < 1.29 is 9.53 Å². The third-order valence-electron chi connectivity index (χ3n) is 2.63. The number of nitrogens with zero attached hydrogens (tertiary/aromatic N) is 1. The van der Waals surface area contributed by atoms with Crippen molar-refractivity contribution in [2.75, 3.05) is 14.2 Å². The molecule has 4 heteroatoms. The van der Waals surface area contributed by atoms with E-state index in [1.54, 1.807) is 20.2 Å². The van der Waals surface area contributed by atoms with E-state index in [9.17, 15) is 4.79 Å². The van der Waals surface area contributed by atoms with Gasteiger partial charge in [0.05, 0.1) is 18.2 Å². The maximum Gasteiger partial charge on any atom is 0.199 e. The van der Waals surface area contributed by atoms with Gasteiger partial charge in [-0.15, -0.1) is 0 Å². The van der Waals surface area contributed by atoms with E-state index < -0.39 is 0 Å². The molecule has 4 nitrogen and oxygen atoms in total. The predicted molar refractivity (Wildman–Crippen MR) is 73.4 cm³/mol. The lowest BCUT2D eigenvalue weighted by molar-refractivity contribution is 0.103. The summed E-state index contributed by atoms with van der Waals surface area (Å²) in [4.78, 5) is 16.0. The van der Waals surface area contributed by atoms with Crippen molar-refractivity contribution >= 4 is 12.0 Å². The molecule has 0 fully saturated rings. The van der Waals surface area contributed by atoms with Crippen LogP contribution in [0.15, 0.2) is 35.0 Å². The third kappa shape index (κ3) is 2.97. The molecule has 2 N–H and O–H groups in total. The monoisotopic (exact) mass is 246 g/mol. The van der Waals surface area contributed by atoms with Crippen LogP contribution in [0.3, 0.4) is 0 Å². The van der Waals surface area contributed by atoms with E-state index >= 15 is 0 Å². The quantitative estimate of drug-likeness (QED) is 0.491. The van der Waals surface area contributed by atoms with E-state index in [0.717, 1.165) is 12.0 Å². The number of carbonyl (C=O) groups is 1. The zero-order valence-corrected chi connectivity index (χ0v) is 10.9. The highest BCUT2D eigenvalue weighted by Gasteiger charge is 2.15. The molecule has 1 aromatic rings. The minimum atomic E-state index is -0.192. The van der Waals surface area contributed by atoms with Crippen molar-refractivity contribution in [3.05, 3.63) is 41.1 Å². The van der Waals surface area contributed by atoms with Gasteiger partial charge >= 0.3 is 0 Å². The van der Waals surface area contributed by atoms with E-state index in [2.05, 4.69) is 4.99 Å². The molecular weight excluding hydrogens is 228 g/mol. The topological polar surface area (TPSA) is 64.7 Å². The normalized spacial score (nSPS) is 11.8. The molecule has 1 aromatic carbocycles. The Morgan fingerprint density at radius 2 is 2.22 bits per heavy atom. The number of ketones is 1.